The Hall–Kier alpha value is -1.96. The molecule has 0 aliphatic rings. The van der Waals surface area contributed by atoms with Crippen LogP contribution < -0.4 is 5.32 Å². The number of aryl methyl sites for hydroxylation is 1. The van der Waals surface area contributed by atoms with Gasteiger partial charge < -0.3 is 5.32 Å². The molecular weight excluding hydrogens is 314 g/mol. The third-order valence-corrected chi connectivity index (χ3v) is 3.02. The molecule has 100 valence electrons. The fourth-order valence-electron chi connectivity index (χ4n) is 1.64. The van der Waals surface area contributed by atoms with Gasteiger partial charge in [0.2, 0.25) is 0 Å². The van der Waals surface area contributed by atoms with Crippen LogP contribution in [0.25, 0.3) is 0 Å². The van der Waals surface area contributed by atoms with Crippen molar-refractivity contribution in [3.05, 3.63) is 44.9 Å². The summed E-state index contributed by atoms with van der Waals surface area (Å²) < 4.78 is 0.686. The van der Waals surface area contributed by atoms with Crippen LogP contribution in [0.1, 0.15) is 12.2 Å². The molecule has 0 radical (unpaired) electrons. The molecule has 0 spiro atoms. The first-order chi connectivity index (χ1) is 9.16. The van der Waals surface area contributed by atoms with E-state index in [4.69, 9.17) is 0 Å². The summed E-state index contributed by atoms with van der Waals surface area (Å²) in [4.78, 5) is 14.5. The number of aromatic amines is 1. The van der Waals surface area contributed by atoms with Crippen LogP contribution in [-0.2, 0) is 6.42 Å². The van der Waals surface area contributed by atoms with Gasteiger partial charge in [0, 0.05) is 23.5 Å². The fourth-order valence-corrected chi connectivity index (χ4v) is 1.98. The van der Waals surface area contributed by atoms with Gasteiger partial charge in [0.25, 0.3) is 5.69 Å². The number of benzene rings is 1. The van der Waals surface area contributed by atoms with Crippen LogP contribution in [-0.4, -0.2) is 26.6 Å². The van der Waals surface area contributed by atoms with Crippen molar-refractivity contribution >= 4 is 27.3 Å². The Bertz CT molecular complexity index is 558. The van der Waals surface area contributed by atoms with Crippen LogP contribution in [0.5, 0.6) is 0 Å². The van der Waals surface area contributed by atoms with Crippen LogP contribution >= 0.6 is 15.9 Å². The van der Waals surface area contributed by atoms with Gasteiger partial charge in [0.05, 0.1) is 4.92 Å². The number of H-pyrrole nitrogens is 1. The van der Waals surface area contributed by atoms with E-state index in [9.17, 15) is 10.1 Å². The molecule has 0 atom stereocenters. The van der Waals surface area contributed by atoms with Crippen molar-refractivity contribution in [1.29, 1.82) is 0 Å². The Labute approximate surface area is 117 Å². The minimum atomic E-state index is -0.399. The molecule has 2 rings (SSSR count). The Balaban J connectivity index is 1.90. The maximum atomic E-state index is 10.9. The number of halogens is 1. The summed E-state index contributed by atoms with van der Waals surface area (Å²) in [6.45, 7) is 0.628. The molecule has 0 amide bonds. The second-order valence-corrected chi connectivity index (χ2v) is 4.80. The van der Waals surface area contributed by atoms with Crippen molar-refractivity contribution in [2.75, 3.05) is 11.9 Å². The maximum absolute atomic E-state index is 10.9. The predicted molar refractivity (Wildman–Crippen MR) is 74.0 cm³/mol. The normalized spacial score (nSPS) is 10.4. The summed E-state index contributed by atoms with van der Waals surface area (Å²) in [7, 11) is 0. The van der Waals surface area contributed by atoms with E-state index in [0.29, 0.717) is 16.7 Å². The monoisotopic (exact) mass is 325 g/mol. The molecule has 0 aliphatic heterocycles. The van der Waals surface area contributed by atoms with Crippen LogP contribution in [0.2, 0.25) is 0 Å². The summed E-state index contributed by atoms with van der Waals surface area (Å²) in [5.74, 6) is 0.812. The maximum Gasteiger partial charge on any atom is 0.293 e. The molecule has 19 heavy (non-hydrogen) atoms. The van der Waals surface area contributed by atoms with Crippen molar-refractivity contribution in [3.8, 4) is 0 Å². The van der Waals surface area contributed by atoms with Crippen molar-refractivity contribution < 1.29 is 4.92 Å². The number of nitro groups is 1. The zero-order valence-electron chi connectivity index (χ0n) is 9.97. The average molecular weight is 326 g/mol. The summed E-state index contributed by atoms with van der Waals surface area (Å²) in [6.07, 6.45) is 3.02. The Kier molecular flexibility index (Phi) is 4.45. The van der Waals surface area contributed by atoms with Crippen LogP contribution in [0, 0.1) is 10.1 Å². The molecule has 2 N–H and O–H groups in total. The quantitative estimate of drug-likeness (QED) is 0.483. The lowest BCUT2D eigenvalue weighted by Crippen LogP contribution is -2.05. The summed E-state index contributed by atoms with van der Waals surface area (Å²) >= 11 is 3.22. The van der Waals surface area contributed by atoms with Gasteiger partial charge in [0.15, 0.2) is 0 Å². The highest BCUT2D eigenvalue weighted by molar-refractivity contribution is 9.10. The lowest BCUT2D eigenvalue weighted by Gasteiger charge is -2.06. The first-order valence-electron chi connectivity index (χ1n) is 5.69. The molecule has 2 aromatic rings. The minimum Gasteiger partial charge on any atom is -0.379 e. The molecule has 0 aliphatic carbocycles. The number of hydrogen-bond acceptors (Lipinski definition) is 5. The number of hydrogen-bond donors (Lipinski definition) is 2. The Morgan fingerprint density at radius 2 is 2.32 bits per heavy atom. The van der Waals surface area contributed by atoms with Crippen LogP contribution in [0.4, 0.5) is 11.4 Å². The number of nitro benzene ring substituents is 1. The number of rotatable bonds is 6. The minimum absolute atomic E-state index is 0.0639. The predicted octanol–water partition coefficient (Wildman–Crippen LogP) is 2.52. The van der Waals surface area contributed by atoms with E-state index in [1.165, 1.54) is 12.4 Å². The van der Waals surface area contributed by atoms with Crippen molar-refractivity contribution in [2.24, 2.45) is 0 Å². The van der Waals surface area contributed by atoms with E-state index in [2.05, 4.69) is 36.4 Å². The van der Waals surface area contributed by atoms with Gasteiger partial charge in [-0.2, -0.15) is 5.10 Å². The Morgan fingerprint density at radius 1 is 1.47 bits per heavy atom. The van der Waals surface area contributed by atoms with Crippen molar-refractivity contribution in [3.63, 3.8) is 0 Å². The lowest BCUT2D eigenvalue weighted by atomic mass is 10.2. The van der Waals surface area contributed by atoms with E-state index in [1.54, 1.807) is 12.1 Å². The number of anilines is 1. The van der Waals surface area contributed by atoms with E-state index in [-0.39, 0.29) is 5.69 Å². The van der Waals surface area contributed by atoms with Gasteiger partial charge in [-0.05, 0) is 18.6 Å². The first-order valence-corrected chi connectivity index (χ1v) is 6.48. The molecule has 1 aromatic heterocycles. The molecule has 0 bridgehead atoms. The number of nitrogens with zero attached hydrogens (tertiary/aromatic N) is 3. The van der Waals surface area contributed by atoms with E-state index < -0.39 is 4.92 Å². The van der Waals surface area contributed by atoms with Crippen molar-refractivity contribution in [2.45, 2.75) is 12.8 Å². The van der Waals surface area contributed by atoms with E-state index in [1.807, 2.05) is 0 Å². The molecule has 0 saturated heterocycles. The van der Waals surface area contributed by atoms with Gasteiger partial charge in [-0.15, -0.1) is 0 Å². The molecule has 7 nitrogen and oxygen atoms in total. The summed E-state index contributed by atoms with van der Waals surface area (Å²) in [5, 5.41) is 20.5. The van der Waals surface area contributed by atoms with Crippen molar-refractivity contribution in [1.82, 2.24) is 15.2 Å². The molecule has 8 heteroatoms. The Morgan fingerprint density at radius 3 is 3.00 bits per heavy atom. The molecule has 1 aromatic carbocycles. The van der Waals surface area contributed by atoms with E-state index >= 15 is 0 Å². The third-order valence-electron chi connectivity index (χ3n) is 2.53. The van der Waals surface area contributed by atoms with Crippen LogP contribution in [0.15, 0.2) is 29.0 Å². The van der Waals surface area contributed by atoms with Gasteiger partial charge in [-0.3, -0.25) is 15.2 Å². The molecule has 1 heterocycles. The zero-order valence-corrected chi connectivity index (χ0v) is 11.6. The van der Waals surface area contributed by atoms with Crippen LogP contribution in [0.3, 0.4) is 0 Å². The van der Waals surface area contributed by atoms with Gasteiger partial charge in [-0.1, -0.05) is 15.9 Å². The first kappa shape index (κ1) is 13.5. The largest absolute Gasteiger partial charge is 0.379 e. The topological polar surface area (TPSA) is 96.7 Å². The summed E-state index contributed by atoms with van der Waals surface area (Å²) in [5.41, 5.74) is 0.583. The molecular formula is C11H12BrN5O2. The van der Waals surface area contributed by atoms with Gasteiger partial charge >= 0.3 is 0 Å². The second kappa shape index (κ2) is 6.28. The number of aromatic nitrogens is 3. The standard InChI is InChI=1S/C11H12BrN5O2/c12-8-3-4-9(10(6-8)17(18)19)13-5-1-2-11-14-7-15-16-11/h3-4,6-7,13H,1-2,5H2,(H,14,15,16). The average Bonchev–Trinajstić information content (AvgIpc) is 2.89. The van der Waals surface area contributed by atoms with Gasteiger partial charge in [-0.25, -0.2) is 4.98 Å². The second-order valence-electron chi connectivity index (χ2n) is 3.88. The molecule has 0 saturated carbocycles. The van der Waals surface area contributed by atoms with Gasteiger partial charge in [0.1, 0.15) is 17.8 Å². The highest BCUT2D eigenvalue weighted by atomic mass is 79.9. The molecule has 0 unspecified atom stereocenters. The molecule has 0 fully saturated rings. The number of nitrogens with one attached hydrogen (secondary N) is 2. The summed E-state index contributed by atoms with van der Waals surface area (Å²) in [6, 6.07) is 4.95. The van der Waals surface area contributed by atoms with E-state index in [0.717, 1.165) is 18.7 Å². The zero-order chi connectivity index (χ0) is 13.7. The third kappa shape index (κ3) is 3.75. The SMILES string of the molecule is O=[N+]([O-])c1cc(Br)ccc1NCCCc1ncn[nH]1. The smallest absolute Gasteiger partial charge is 0.293 e. The lowest BCUT2D eigenvalue weighted by molar-refractivity contribution is -0.384. The highest BCUT2D eigenvalue weighted by Gasteiger charge is 2.13. The fraction of sp³-hybridized carbons (Fsp3) is 0.273. The highest BCUT2D eigenvalue weighted by Crippen LogP contribution is 2.27.